The number of hydrogen-bond acceptors (Lipinski definition) is 3. The van der Waals surface area contributed by atoms with Crippen LogP contribution < -0.4 is 9.62 Å². The van der Waals surface area contributed by atoms with Crippen molar-refractivity contribution < 1.29 is 8.42 Å². The third-order valence-electron chi connectivity index (χ3n) is 4.34. The summed E-state index contributed by atoms with van der Waals surface area (Å²) < 4.78 is 27.0. The molecule has 1 aliphatic rings. The lowest BCUT2D eigenvalue weighted by molar-refractivity contribution is 0.609. The van der Waals surface area contributed by atoms with Crippen LogP contribution >= 0.6 is 0 Å². The average molecular weight is 356 g/mol. The van der Waals surface area contributed by atoms with Gasteiger partial charge in [0.25, 0.3) is 10.0 Å². The van der Waals surface area contributed by atoms with Crippen LogP contribution in [0.1, 0.15) is 31.2 Å². The number of nitrogens with zero attached hydrogens (tertiary/aromatic N) is 1. The van der Waals surface area contributed by atoms with Crippen LogP contribution in [0.25, 0.3) is 6.08 Å². The highest BCUT2D eigenvalue weighted by Crippen LogP contribution is 2.22. The maximum atomic E-state index is 12.2. The number of hydrogen-bond donors (Lipinski definition) is 1. The van der Waals surface area contributed by atoms with E-state index in [2.05, 4.69) is 9.62 Å². The van der Waals surface area contributed by atoms with Gasteiger partial charge in [-0.15, -0.1) is 0 Å². The minimum absolute atomic E-state index is 0.580. The summed E-state index contributed by atoms with van der Waals surface area (Å²) in [7, 11) is -3.52. The molecule has 5 heteroatoms. The van der Waals surface area contributed by atoms with E-state index in [0.717, 1.165) is 24.3 Å². The molecule has 0 saturated carbocycles. The van der Waals surface area contributed by atoms with Crippen molar-refractivity contribution in [1.82, 2.24) is 0 Å². The highest BCUT2D eigenvalue weighted by Gasteiger charge is 2.10. The van der Waals surface area contributed by atoms with Gasteiger partial charge in [-0.3, -0.25) is 4.72 Å². The summed E-state index contributed by atoms with van der Waals surface area (Å²) in [6.07, 6.45) is 6.62. The Hall–Kier alpha value is -2.27. The minimum Gasteiger partial charge on any atom is -0.372 e. The second kappa shape index (κ2) is 8.21. The van der Waals surface area contributed by atoms with Gasteiger partial charge in [0.1, 0.15) is 0 Å². The Morgan fingerprint density at radius 2 is 1.48 bits per heavy atom. The largest absolute Gasteiger partial charge is 0.372 e. The molecule has 0 unspecified atom stereocenters. The van der Waals surface area contributed by atoms with E-state index in [9.17, 15) is 8.42 Å². The molecular weight excluding hydrogens is 332 g/mol. The number of benzene rings is 2. The molecule has 1 fully saturated rings. The summed E-state index contributed by atoms with van der Waals surface area (Å²) in [5, 5.41) is 1.20. The molecule has 3 rings (SSSR count). The first-order valence-electron chi connectivity index (χ1n) is 8.73. The summed E-state index contributed by atoms with van der Waals surface area (Å²) in [6, 6.07) is 17.0. The van der Waals surface area contributed by atoms with Crippen LogP contribution in [0.4, 0.5) is 11.4 Å². The van der Waals surface area contributed by atoms with Crippen molar-refractivity contribution in [2.45, 2.75) is 25.7 Å². The van der Waals surface area contributed by atoms with Crippen LogP contribution in [0.5, 0.6) is 0 Å². The molecule has 132 valence electrons. The van der Waals surface area contributed by atoms with E-state index in [0.29, 0.717) is 5.69 Å². The summed E-state index contributed by atoms with van der Waals surface area (Å²) in [5.74, 6) is 0. The van der Waals surface area contributed by atoms with Gasteiger partial charge in [0.15, 0.2) is 0 Å². The zero-order valence-electron chi connectivity index (χ0n) is 14.3. The van der Waals surface area contributed by atoms with Gasteiger partial charge in [-0.1, -0.05) is 43.2 Å². The molecule has 0 radical (unpaired) electrons. The molecule has 1 N–H and O–H groups in total. The maximum Gasteiger partial charge on any atom is 0.255 e. The second-order valence-corrected chi connectivity index (χ2v) is 7.87. The molecule has 2 aromatic carbocycles. The van der Waals surface area contributed by atoms with Crippen LogP contribution in [0.2, 0.25) is 0 Å². The topological polar surface area (TPSA) is 49.4 Å². The zero-order chi connectivity index (χ0) is 17.5. The van der Waals surface area contributed by atoms with Crippen LogP contribution in [-0.2, 0) is 10.0 Å². The molecule has 25 heavy (non-hydrogen) atoms. The minimum atomic E-state index is -3.52. The van der Waals surface area contributed by atoms with Gasteiger partial charge in [-0.05, 0) is 48.7 Å². The van der Waals surface area contributed by atoms with Gasteiger partial charge < -0.3 is 4.90 Å². The average Bonchev–Trinajstić information content (AvgIpc) is 2.91. The Labute approximate surface area is 150 Å². The molecule has 0 spiro atoms. The van der Waals surface area contributed by atoms with Crippen molar-refractivity contribution in [2.24, 2.45) is 0 Å². The van der Waals surface area contributed by atoms with Crippen molar-refractivity contribution in [1.29, 1.82) is 0 Å². The van der Waals surface area contributed by atoms with E-state index in [4.69, 9.17) is 0 Å². The molecule has 0 bridgehead atoms. The smallest absolute Gasteiger partial charge is 0.255 e. The quantitative estimate of drug-likeness (QED) is 0.859. The predicted octanol–water partition coefficient (Wildman–Crippen LogP) is 4.48. The Kier molecular flexibility index (Phi) is 5.76. The Balaban J connectivity index is 1.65. The summed E-state index contributed by atoms with van der Waals surface area (Å²) >= 11 is 0. The van der Waals surface area contributed by atoms with Gasteiger partial charge in [0.05, 0.1) is 5.41 Å². The Bertz CT molecular complexity index is 791. The van der Waals surface area contributed by atoms with E-state index in [-0.39, 0.29) is 0 Å². The van der Waals surface area contributed by atoms with Crippen molar-refractivity contribution in [3.8, 4) is 0 Å². The van der Waals surface area contributed by atoms with Crippen LogP contribution in [0.15, 0.2) is 60.0 Å². The highest BCUT2D eigenvalue weighted by molar-refractivity contribution is 7.95. The van der Waals surface area contributed by atoms with Crippen molar-refractivity contribution >= 4 is 27.5 Å². The third kappa shape index (κ3) is 5.36. The fourth-order valence-corrected chi connectivity index (χ4v) is 3.87. The molecule has 0 amide bonds. The second-order valence-electron chi connectivity index (χ2n) is 6.31. The van der Waals surface area contributed by atoms with Crippen molar-refractivity contribution in [3.63, 3.8) is 0 Å². The number of rotatable bonds is 5. The lowest BCUT2D eigenvalue weighted by Gasteiger charge is -2.22. The van der Waals surface area contributed by atoms with Crippen molar-refractivity contribution in [2.75, 3.05) is 22.7 Å². The monoisotopic (exact) mass is 356 g/mol. The lowest BCUT2D eigenvalue weighted by Crippen LogP contribution is -2.23. The van der Waals surface area contributed by atoms with E-state index >= 15 is 0 Å². The van der Waals surface area contributed by atoms with Gasteiger partial charge in [0.2, 0.25) is 0 Å². The fourth-order valence-electron chi connectivity index (χ4n) is 3.00. The molecule has 1 aliphatic heterocycles. The number of anilines is 2. The molecular formula is C20H24N2O2S. The molecule has 0 atom stereocenters. The Morgan fingerprint density at radius 1 is 0.840 bits per heavy atom. The number of sulfonamides is 1. The van der Waals surface area contributed by atoms with Crippen LogP contribution in [0.3, 0.4) is 0 Å². The lowest BCUT2D eigenvalue weighted by atomic mass is 10.2. The highest BCUT2D eigenvalue weighted by atomic mass is 32.2. The fraction of sp³-hybridized carbons (Fsp3) is 0.300. The van der Waals surface area contributed by atoms with E-state index < -0.39 is 10.0 Å². The number of nitrogens with one attached hydrogen (secondary N) is 1. The van der Waals surface area contributed by atoms with Gasteiger partial charge in [0, 0.05) is 24.5 Å². The Morgan fingerprint density at radius 3 is 2.12 bits per heavy atom. The molecule has 2 aromatic rings. The van der Waals surface area contributed by atoms with Gasteiger partial charge in [-0.25, -0.2) is 8.42 Å². The molecule has 4 nitrogen and oxygen atoms in total. The van der Waals surface area contributed by atoms with E-state index in [1.807, 2.05) is 54.6 Å². The van der Waals surface area contributed by atoms with Gasteiger partial charge >= 0.3 is 0 Å². The SMILES string of the molecule is O=S(=O)(C=Cc1ccccc1)Nc1ccc(N2CCCCCC2)cc1. The van der Waals surface area contributed by atoms with Crippen LogP contribution in [0, 0.1) is 0 Å². The normalized spacial score (nSPS) is 15.9. The van der Waals surface area contributed by atoms with Gasteiger partial charge in [-0.2, -0.15) is 0 Å². The summed E-state index contributed by atoms with van der Waals surface area (Å²) in [4.78, 5) is 2.38. The first-order valence-corrected chi connectivity index (χ1v) is 10.3. The van der Waals surface area contributed by atoms with E-state index in [1.54, 1.807) is 6.08 Å². The maximum absolute atomic E-state index is 12.2. The third-order valence-corrected chi connectivity index (χ3v) is 5.35. The molecule has 1 heterocycles. The molecule has 0 aromatic heterocycles. The standard InChI is InChI=1S/C20H24N2O2S/c23-25(24,17-14-18-8-4-3-5-9-18)21-19-10-12-20(13-11-19)22-15-6-1-2-7-16-22/h3-5,8-14,17,21H,1-2,6-7,15-16H2. The first kappa shape index (κ1) is 17.5. The predicted molar refractivity (Wildman–Crippen MR) is 105 cm³/mol. The summed E-state index contributed by atoms with van der Waals surface area (Å²) in [6.45, 7) is 2.15. The van der Waals surface area contributed by atoms with Crippen molar-refractivity contribution in [3.05, 3.63) is 65.6 Å². The molecule has 1 saturated heterocycles. The first-order chi connectivity index (χ1) is 12.1. The van der Waals surface area contributed by atoms with E-state index in [1.165, 1.54) is 31.1 Å². The zero-order valence-corrected chi connectivity index (χ0v) is 15.1. The van der Waals surface area contributed by atoms with Crippen LogP contribution in [-0.4, -0.2) is 21.5 Å². The molecule has 0 aliphatic carbocycles. The summed E-state index contributed by atoms with van der Waals surface area (Å²) in [5.41, 5.74) is 2.59.